The maximum atomic E-state index is 11.2. The summed E-state index contributed by atoms with van der Waals surface area (Å²) in [6.07, 6.45) is 4.26. The number of rotatable bonds is 13. The van der Waals surface area contributed by atoms with E-state index in [4.69, 9.17) is 269 Å². The first-order valence-corrected chi connectivity index (χ1v) is 40.8. The lowest BCUT2D eigenvalue weighted by Gasteiger charge is -2.31. The summed E-state index contributed by atoms with van der Waals surface area (Å²) in [5.74, 6) is -1.30. The predicted octanol–water partition coefficient (Wildman–Crippen LogP) is 23.4. The fourth-order valence-electron chi connectivity index (χ4n) is 7.83. The van der Waals surface area contributed by atoms with Gasteiger partial charge in [-0.15, -0.1) is 11.6 Å². The summed E-state index contributed by atoms with van der Waals surface area (Å²) in [6, 6.07) is 46.3. The number of halogens is 22. The Balaban J connectivity index is 0.000000339. The molecule has 9 rings (SSSR count). The van der Waals surface area contributed by atoms with E-state index < -0.39 is 61.0 Å². The number of ether oxygens (including phenoxy) is 2. The van der Waals surface area contributed by atoms with Crippen LogP contribution in [0.1, 0.15) is 57.9 Å². The lowest BCUT2D eigenvalue weighted by atomic mass is 9.88. The number of imide groups is 1. The number of nitrogens with zero attached hydrogens (tertiary/aromatic N) is 4. The van der Waals surface area contributed by atoms with Crippen LogP contribution in [-0.4, -0.2) is 99.0 Å². The zero-order valence-electron chi connectivity index (χ0n) is 55.7. The van der Waals surface area contributed by atoms with Crippen molar-refractivity contribution in [3.63, 3.8) is 0 Å². The monoisotopic (exact) mass is 2020 g/mol. The minimum Gasteiger partial charge on any atom is -0.508 e. The van der Waals surface area contributed by atoms with E-state index in [1.165, 1.54) is 48.6 Å². The van der Waals surface area contributed by atoms with Gasteiger partial charge >= 0.3 is 12.2 Å². The zero-order chi connectivity index (χ0) is 84.1. The van der Waals surface area contributed by atoms with Crippen LogP contribution in [0.5, 0.6) is 11.5 Å². The Morgan fingerprint density at radius 2 is 1.07 bits per heavy atom. The Kier molecular flexibility index (Phi) is 43.2. The van der Waals surface area contributed by atoms with Gasteiger partial charge in [-0.25, -0.2) is 33.0 Å². The van der Waals surface area contributed by atoms with Gasteiger partial charge in [0.1, 0.15) is 22.8 Å². The maximum absolute atomic E-state index is 11.2. The van der Waals surface area contributed by atoms with Crippen molar-refractivity contribution in [1.29, 1.82) is 0 Å². The highest BCUT2D eigenvalue weighted by molar-refractivity contribution is 9.10. The van der Waals surface area contributed by atoms with Crippen molar-refractivity contribution in [2.75, 3.05) is 16.6 Å². The van der Waals surface area contributed by atoms with Gasteiger partial charge in [-0.1, -0.05) is 345 Å². The Morgan fingerprint density at radius 1 is 0.613 bits per heavy atom. The molecule has 0 saturated carbocycles. The number of aromatic hydroxyl groups is 1. The summed E-state index contributed by atoms with van der Waals surface area (Å²) in [5, 5.41) is 52.1. The number of ketones is 1. The topological polar surface area (TPSA) is 308 Å². The normalized spacial score (nSPS) is 12.5. The van der Waals surface area contributed by atoms with Gasteiger partial charge in [-0.3, -0.25) is 30.3 Å². The van der Waals surface area contributed by atoms with Crippen LogP contribution in [0.3, 0.4) is 0 Å². The molecule has 0 radical (unpaired) electrons. The van der Waals surface area contributed by atoms with Crippen LogP contribution in [-0.2, 0) is 57.4 Å². The van der Waals surface area contributed by atoms with E-state index >= 15 is 0 Å². The van der Waals surface area contributed by atoms with Crippen molar-refractivity contribution < 1.29 is 62.4 Å². The van der Waals surface area contributed by atoms with Gasteiger partial charge in [0.15, 0.2) is 33.1 Å². The number of phenols is 1. The molecule has 0 spiro atoms. The number of sulfone groups is 1. The van der Waals surface area contributed by atoms with Crippen LogP contribution < -0.4 is 15.4 Å². The van der Waals surface area contributed by atoms with Gasteiger partial charge in [-0.2, -0.15) is 0 Å². The molecule has 3 amide bonds. The molecule has 1 aliphatic rings. The molecule has 0 fully saturated rings. The van der Waals surface area contributed by atoms with E-state index in [0.29, 0.717) is 42.9 Å². The SMILES string of the molecule is CC1(C(Cl)(Cl)Cl)C=CC(=O)C=C1.Clc1ccc(C(c2ccc(Cl)cc2)C(Cl)(Cl)Cl)cc1.O=C(NC(=O)C(Cl)(Cl)Cl)Oc1ccccc1.O=C(Nc1ccc(O)cc1)OCC(Cl)(Cl)Cl.O=S(=O)(CBr)c1ccccc1.O=[N+]([O-])c1cc(CO)c(CO)cc1CCl.OCc1ccc(-c2nc(C(Cl)(Cl)Cl)nc(C(Cl)(Cl)Cl)n2)cc1. The molecule has 0 unspecified atom stereocenters. The summed E-state index contributed by atoms with van der Waals surface area (Å²) in [5.41, 5.74) is 3.86. The molecule has 0 saturated heterocycles. The largest absolute Gasteiger partial charge is 0.508 e. The average Bonchev–Trinajstić information content (AvgIpc) is 0.800. The van der Waals surface area contributed by atoms with Gasteiger partial charge in [-0.05, 0) is 126 Å². The number of anilines is 1. The van der Waals surface area contributed by atoms with E-state index in [2.05, 4.69) is 40.9 Å². The number of phenolic OH excluding ortho intramolecular Hbond substituents is 1. The molecule has 0 aliphatic heterocycles. The van der Waals surface area contributed by atoms with Crippen LogP contribution >= 0.6 is 260 Å². The molecular weight excluding hydrogens is 1980 g/mol. The van der Waals surface area contributed by atoms with E-state index in [9.17, 15) is 37.7 Å². The minimum absolute atomic E-state index is 0.00494. The number of alkyl halides is 20. The van der Waals surface area contributed by atoms with Gasteiger partial charge in [0.25, 0.3) is 15.4 Å². The van der Waals surface area contributed by atoms with Crippen LogP contribution in [0.25, 0.3) is 11.4 Å². The van der Waals surface area contributed by atoms with Gasteiger partial charge in [0.05, 0.1) is 46.9 Å². The van der Waals surface area contributed by atoms with Gasteiger partial charge < -0.3 is 29.9 Å². The van der Waals surface area contributed by atoms with Gasteiger partial charge in [0.2, 0.25) is 19.0 Å². The van der Waals surface area contributed by atoms with Crippen molar-refractivity contribution in [3.05, 3.63) is 259 Å². The molecule has 1 heterocycles. The number of allylic oxidation sites excluding steroid dienone is 4. The standard InChI is InChI=1S/C14H9Cl5.C12H7Cl6N3O.C9H8Cl3NO3.C9H6Cl3NO3.C9H10ClNO4.C8H7Cl3O.C7H7BrO2S/c15-11-5-1-9(2-6-11)13(14(17,18)19)10-3-7-12(16)8-4-10;13-11(14,15)9-19-8(20-10(21-9)12(16,17)18)7-3-1-6(5-22)2-4-7;10-9(11,12)5-16-8(15)13-6-1-3-7(14)4-2-6;10-9(11,12)7(14)13-8(15)16-6-4-2-1-3-5-6;10-3-6-1-7(4-12)8(5-13)2-9(6)11(14)15;1-7(8(9,10)11)4-2-6(12)3-5-7;8-6-11(9,10)7-4-2-1-3-5-7/h1-8,13H;1-4,22H,5H2;1-4,14H,5H2,(H,13,15);1-5H,(H,13,14,15);1-2,12-13H,3-5H2;2-5H,1H3;1-5H,6H2. The second-order valence-electron chi connectivity index (χ2n) is 21.6. The molecule has 600 valence electrons. The van der Waals surface area contributed by atoms with E-state index in [1.807, 2.05) is 24.3 Å². The second kappa shape index (κ2) is 47.2. The zero-order valence-corrected chi connectivity index (χ0v) is 74.0. The number of carbonyl (C=O) groups is 4. The molecule has 0 bridgehead atoms. The van der Waals surface area contributed by atoms with Crippen molar-refractivity contribution >= 4 is 305 Å². The minimum atomic E-state index is -3.08. The number of nitro groups is 1. The summed E-state index contributed by atoms with van der Waals surface area (Å²) in [4.78, 5) is 66.7. The highest BCUT2D eigenvalue weighted by atomic mass is 79.9. The highest BCUT2D eigenvalue weighted by Gasteiger charge is 2.42. The summed E-state index contributed by atoms with van der Waals surface area (Å²) in [7, 11) is -3.08. The number of hydrogen-bond donors (Lipinski definition) is 6. The Hall–Kier alpha value is -3.49. The number of nitrogens with one attached hydrogen (secondary N) is 2. The molecular formula is C68H54BrCl21N6O14S. The molecule has 7 aromatic carbocycles. The molecule has 8 aromatic rings. The Bertz CT molecular complexity index is 4430. The average molecular weight is 2040 g/mol. The molecule has 1 aromatic heterocycles. The molecule has 20 nitrogen and oxygen atoms in total. The first kappa shape index (κ1) is 102. The number of amides is 3. The number of aliphatic hydroxyl groups is 3. The highest BCUT2D eigenvalue weighted by Crippen LogP contribution is 2.48. The smallest absolute Gasteiger partial charge is 0.419 e. The third kappa shape index (κ3) is 37.3. The van der Waals surface area contributed by atoms with Crippen LogP contribution in [0.2, 0.25) is 10.0 Å². The van der Waals surface area contributed by atoms with Crippen molar-refractivity contribution in [2.45, 2.75) is 66.2 Å². The Labute approximate surface area is 749 Å². The van der Waals surface area contributed by atoms with Crippen molar-refractivity contribution in [1.82, 2.24) is 20.3 Å². The number of aromatic nitrogens is 3. The van der Waals surface area contributed by atoms with Crippen LogP contribution in [0.15, 0.2) is 199 Å². The second-order valence-corrected chi connectivity index (χ2v) is 40.0. The first-order valence-electron chi connectivity index (χ1n) is 29.9. The van der Waals surface area contributed by atoms with Crippen LogP contribution in [0.4, 0.5) is 21.0 Å². The fourth-order valence-corrected chi connectivity index (χ4v) is 11.7. The van der Waals surface area contributed by atoms with Gasteiger partial charge in [0, 0.05) is 32.9 Å². The summed E-state index contributed by atoms with van der Waals surface area (Å²) in [6.45, 7) is 0.689. The fraction of sp³-hybridized carbons (Fsp3) is 0.221. The van der Waals surface area contributed by atoms with Crippen molar-refractivity contribution in [2.24, 2.45) is 5.41 Å². The molecule has 6 N–H and O–H groups in total. The van der Waals surface area contributed by atoms with Crippen LogP contribution in [0, 0.1) is 15.5 Å². The Morgan fingerprint density at radius 3 is 1.46 bits per heavy atom. The first-order chi connectivity index (χ1) is 51.4. The molecule has 0 atom stereocenters. The summed E-state index contributed by atoms with van der Waals surface area (Å²) >= 11 is 122. The predicted molar refractivity (Wildman–Crippen MR) is 453 cm³/mol. The quantitative estimate of drug-likeness (QED) is 0.0270. The lowest BCUT2D eigenvalue weighted by molar-refractivity contribution is -0.385. The molecule has 111 heavy (non-hydrogen) atoms. The third-order valence-corrected chi connectivity index (χ3v) is 20.9. The number of carbonyl (C=O) groups excluding carboxylic acids is 4. The third-order valence-electron chi connectivity index (χ3n) is 13.3. The van der Waals surface area contributed by atoms with E-state index in [1.54, 1.807) is 134 Å². The number of hydrogen-bond acceptors (Lipinski definition) is 17. The maximum Gasteiger partial charge on any atom is 0.419 e. The number of benzene rings is 7. The van der Waals surface area contributed by atoms with E-state index in [-0.39, 0.29) is 83.3 Å². The summed E-state index contributed by atoms with van der Waals surface area (Å²) < 4.78 is 21.2. The molecule has 43 heteroatoms. The molecule has 1 aliphatic carbocycles. The van der Waals surface area contributed by atoms with Crippen molar-refractivity contribution in [3.8, 4) is 22.9 Å². The number of aliphatic hydroxyl groups excluding tert-OH is 3. The number of para-hydroxylation sites is 1. The lowest BCUT2D eigenvalue weighted by Crippen LogP contribution is -2.40. The number of nitro benzene ring substituents is 1. The van der Waals surface area contributed by atoms with E-state index in [0.717, 1.165) is 16.7 Å².